The Morgan fingerprint density at radius 3 is 2.50 bits per heavy atom. The highest BCUT2D eigenvalue weighted by molar-refractivity contribution is 5.95. The fraction of sp³-hybridized carbons (Fsp3) is 0.136. The van der Waals surface area contributed by atoms with Crippen LogP contribution in [0, 0.1) is 11.6 Å². The Labute approximate surface area is 179 Å². The number of hydrogen-bond donors (Lipinski definition) is 1. The van der Waals surface area contributed by atoms with Crippen LogP contribution in [-0.2, 0) is 20.1 Å². The van der Waals surface area contributed by atoms with E-state index in [4.69, 9.17) is 0 Å². The van der Waals surface area contributed by atoms with Crippen molar-refractivity contribution >= 4 is 16.8 Å². The highest BCUT2D eigenvalue weighted by Crippen LogP contribution is 2.11. The van der Waals surface area contributed by atoms with Crippen LogP contribution < -0.4 is 16.6 Å². The van der Waals surface area contributed by atoms with Gasteiger partial charge in [-0.25, -0.2) is 18.6 Å². The average Bonchev–Trinajstić information content (AvgIpc) is 2.81. The SMILES string of the molecule is Cn1c(=O)n(Cc2ccc(F)c(F)c2)c(=O)c2cc(C(=O)NCc3ccncc3)ncc21. The van der Waals surface area contributed by atoms with E-state index >= 15 is 0 Å². The van der Waals surface area contributed by atoms with Crippen LogP contribution >= 0.6 is 0 Å². The maximum Gasteiger partial charge on any atom is 0.331 e. The summed E-state index contributed by atoms with van der Waals surface area (Å²) in [6, 6.07) is 7.95. The van der Waals surface area contributed by atoms with Crippen molar-refractivity contribution in [1.82, 2.24) is 24.4 Å². The monoisotopic (exact) mass is 437 g/mol. The van der Waals surface area contributed by atoms with E-state index in [0.29, 0.717) is 0 Å². The molecular weight excluding hydrogens is 420 g/mol. The minimum atomic E-state index is -1.08. The van der Waals surface area contributed by atoms with E-state index in [1.54, 1.807) is 24.5 Å². The molecule has 0 fully saturated rings. The third-order valence-electron chi connectivity index (χ3n) is 5.00. The Balaban J connectivity index is 1.70. The minimum absolute atomic E-state index is 0.00156. The normalized spacial score (nSPS) is 11.0. The first kappa shape index (κ1) is 21.0. The number of aryl methyl sites for hydroxylation is 1. The van der Waals surface area contributed by atoms with Gasteiger partial charge in [0.05, 0.1) is 23.6 Å². The first-order valence-electron chi connectivity index (χ1n) is 9.56. The molecule has 0 radical (unpaired) electrons. The van der Waals surface area contributed by atoms with E-state index in [2.05, 4.69) is 15.3 Å². The van der Waals surface area contributed by atoms with Crippen LogP contribution in [-0.4, -0.2) is 25.0 Å². The van der Waals surface area contributed by atoms with Gasteiger partial charge in [-0.15, -0.1) is 0 Å². The van der Waals surface area contributed by atoms with Crippen molar-refractivity contribution in [3.8, 4) is 0 Å². The maximum absolute atomic E-state index is 13.6. The first-order valence-corrected chi connectivity index (χ1v) is 9.56. The van der Waals surface area contributed by atoms with E-state index in [1.807, 2.05) is 0 Å². The van der Waals surface area contributed by atoms with Gasteiger partial charge < -0.3 is 5.32 Å². The van der Waals surface area contributed by atoms with Crippen molar-refractivity contribution in [3.05, 3.63) is 104 Å². The predicted octanol–water partition coefficient (Wildman–Crippen LogP) is 1.75. The summed E-state index contributed by atoms with van der Waals surface area (Å²) in [6.07, 6.45) is 4.48. The number of nitrogens with one attached hydrogen (secondary N) is 1. The lowest BCUT2D eigenvalue weighted by Gasteiger charge is -2.12. The van der Waals surface area contributed by atoms with Gasteiger partial charge in [-0.1, -0.05) is 6.07 Å². The fourth-order valence-electron chi connectivity index (χ4n) is 3.26. The van der Waals surface area contributed by atoms with Crippen molar-refractivity contribution in [2.45, 2.75) is 13.1 Å². The van der Waals surface area contributed by atoms with Gasteiger partial charge >= 0.3 is 5.69 Å². The number of rotatable bonds is 5. The molecule has 10 heteroatoms. The number of carbonyl (C=O) groups is 1. The van der Waals surface area contributed by atoms with Gasteiger partial charge in [0.25, 0.3) is 11.5 Å². The summed E-state index contributed by atoms with van der Waals surface area (Å²) in [7, 11) is 1.46. The summed E-state index contributed by atoms with van der Waals surface area (Å²) in [5, 5.41) is 2.80. The second-order valence-corrected chi connectivity index (χ2v) is 7.11. The summed E-state index contributed by atoms with van der Waals surface area (Å²) >= 11 is 0. The second-order valence-electron chi connectivity index (χ2n) is 7.11. The van der Waals surface area contributed by atoms with Gasteiger partial charge in [0.2, 0.25) is 0 Å². The van der Waals surface area contributed by atoms with E-state index in [-0.39, 0.29) is 35.2 Å². The van der Waals surface area contributed by atoms with Crippen molar-refractivity contribution in [2.24, 2.45) is 7.05 Å². The van der Waals surface area contributed by atoms with Gasteiger partial charge in [-0.2, -0.15) is 0 Å². The number of amides is 1. The third-order valence-corrected chi connectivity index (χ3v) is 5.00. The summed E-state index contributed by atoms with van der Waals surface area (Å²) in [4.78, 5) is 46.2. The standard InChI is InChI=1S/C22H17F2N5O3/c1-28-19-11-26-18(20(30)27-10-13-4-6-25-7-5-13)9-15(19)21(31)29(22(28)32)12-14-2-3-16(23)17(24)8-14/h2-9,11H,10,12H2,1H3,(H,27,30). The molecule has 0 saturated heterocycles. The zero-order valence-corrected chi connectivity index (χ0v) is 16.9. The molecule has 1 aromatic carbocycles. The third kappa shape index (κ3) is 4.02. The van der Waals surface area contributed by atoms with Crippen molar-refractivity contribution in [1.29, 1.82) is 0 Å². The van der Waals surface area contributed by atoms with E-state index in [0.717, 1.165) is 22.3 Å². The molecule has 162 valence electrons. The number of halogens is 2. The molecule has 4 rings (SSSR count). The van der Waals surface area contributed by atoms with Gasteiger partial charge in [-0.3, -0.25) is 23.7 Å². The Hall–Kier alpha value is -4.21. The number of hydrogen-bond acceptors (Lipinski definition) is 5. The van der Waals surface area contributed by atoms with Crippen molar-refractivity contribution in [2.75, 3.05) is 0 Å². The molecule has 4 aromatic rings. The molecule has 3 aromatic heterocycles. The van der Waals surface area contributed by atoms with Crippen LogP contribution in [0.2, 0.25) is 0 Å². The predicted molar refractivity (Wildman–Crippen MR) is 112 cm³/mol. The number of fused-ring (bicyclic) bond motifs is 1. The zero-order valence-electron chi connectivity index (χ0n) is 16.9. The molecule has 0 aliphatic carbocycles. The molecule has 1 amide bonds. The molecule has 0 aliphatic rings. The molecule has 0 atom stereocenters. The molecule has 0 spiro atoms. The zero-order chi connectivity index (χ0) is 22.8. The van der Waals surface area contributed by atoms with Gasteiger partial charge in [0, 0.05) is 26.0 Å². The van der Waals surface area contributed by atoms with Crippen LogP contribution in [0.4, 0.5) is 8.78 Å². The molecule has 0 unspecified atom stereocenters. The molecule has 3 heterocycles. The first-order chi connectivity index (χ1) is 15.3. The van der Waals surface area contributed by atoms with E-state index in [1.165, 1.54) is 29.9 Å². The molecule has 32 heavy (non-hydrogen) atoms. The topological polar surface area (TPSA) is 98.9 Å². The van der Waals surface area contributed by atoms with E-state index in [9.17, 15) is 23.2 Å². The second kappa shape index (κ2) is 8.50. The molecule has 1 N–H and O–H groups in total. The lowest BCUT2D eigenvalue weighted by molar-refractivity contribution is 0.0946. The Bertz CT molecular complexity index is 1450. The molecule has 0 aliphatic heterocycles. The Morgan fingerprint density at radius 1 is 1.03 bits per heavy atom. The van der Waals surface area contributed by atoms with Gasteiger partial charge in [-0.05, 0) is 41.5 Å². The Kier molecular flexibility index (Phi) is 5.59. The Morgan fingerprint density at radius 2 is 1.78 bits per heavy atom. The summed E-state index contributed by atoms with van der Waals surface area (Å²) < 4.78 is 28.9. The van der Waals surface area contributed by atoms with Crippen LogP contribution in [0.15, 0.2) is 64.6 Å². The molecular formula is C22H17F2N5O3. The minimum Gasteiger partial charge on any atom is -0.347 e. The molecule has 8 nitrogen and oxygen atoms in total. The smallest absolute Gasteiger partial charge is 0.331 e. The van der Waals surface area contributed by atoms with Crippen molar-refractivity contribution < 1.29 is 13.6 Å². The number of aromatic nitrogens is 4. The van der Waals surface area contributed by atoms with Gasteiger partial charge in [0.15, 0.2) is 11.6 Å². The van der Waals surface area contributed by atoms with E-state index < -0.39 is 28.8 Å². The molecule has 0 saturated carbocycles. The number of carbonyl (C=O) groups excluding carboxylic acids is 1. The quantitative estimate of drug-likeness (QED) is 0.513. The number of nitrogens with zero attached hydrogens (tertiary/aromatic N) is 4. The van der Waals surface area contributed by atoms with Crippen LogP contribution in [0.5, 0.6) is 0 Å². The fourth-order valence-corrected chi connectivity index (χ4v) is 3.26. The number of pyridine rings is 2. The van der Waals surface area contributed by atoms with Crippen LogP contribution in [0.25, 0.3) is 10.9 Å². The average molecular weight is 437 g/mol. The number of benzene rings is 1. The van der Waals surface area contributed by atoms with Crippen molar-refractivity contribution in [3.63, 3.8) is 0 Å². The van der Waals surface area contributed by atoms with Crippen LogP contribution in [0.3, 0.4) is 0 Å². The van der Waals surface area contributed by atoms with Crippen LogP contribution in [0.1, 0.15) is 21.6 Å². The molecule has 0 bridgehead atoms. The highest BCUT2D eigenvalue weighted by atomic mass is 19.2. The lowest BCUT2D eigenvalue weighted by atomic mass is 10.2. The summed E-state index contributed by atoms with van der Waals surface area (Å²) in [5.41, 5.74) is 0.00786. The maximum atomic E-state index is 13.6. The largest absolute Gasteiger partial charge is 0.347 e. The highest BCUT2D eigenvalue weighted by Gasteiger charge is 2.16. The summed E-state index contributed by atoms with van der Waals surface area (Å²) in [6.45, 7) is -0.0146. The summed E-state index contributed by atoms with van der Waals surface area (Å²) in [5.74, 6) is -2.60. The lowest BCUT2D eigenvalue weighted by Crippen LogP contribution is -2.39. The van der Waals surface area contributed by atoms with Gasteiger partial charge in [0.1, 0.15) is 5.69 Å².